The van der Waals surface area contributed by atoms with E-state index in [-0.39, 0.29) is 0 Å². The van der Waals surface area contributed by atoms with Crippen molar-refractivity contribution >= 4 is 15.8 Å². The van der Waals surface area contributed by atoms with E-state index < -0.39 is 9.84 Å². The van der Waals surface area contributed by atoms with Crippen LogP contribution in [0, 0.1) is 0 Å². The first-order valence-corrected chi connectivity index (χ1v) is 11.7. The molecule has 156 valence electrons. The molecular formula is C22H29N3O3S. The zero-order valence-corrected chi connectivity index (χ0v) is 18.1. The molecule has 0 bridgehead atoms. The van der Waals surface area contributed by atoms with Gasteiger partial charge in [-0.15, -0.1) is 0 Å². The second-order valence-electron chi connectivity index (χ2n) is 7.34. The van der Waals surface area contributed by atoms with E-state index in [1.165, 1.54) is 11.8 Å². The maximum absolute atomic E-state index is 11.6. The summed E-state index contributed by atoms with van der Waals surface area (Å²) in [6, 6.07) is 15.4. The quantitative estimate of drug-likeness (QED) is 0.580. The van der Waals surface area contributed by atoms with Crippen LogP contribution in [-0.4, -0.2) is 59.3 Å². The van der Waals surface area contributed by atoms with Crippen LogP contribution in [0.15, 0.2) is 58.4 Å². The lowest BCUT2D eigenvalue weighted by molar-refractivity contribution is 0.414. The number of sulfone groups is 1. The van der Waals surface area contributed by atoms with Gasteiger partial charge in [0.25, 0.3) is 0 Å². The van der Waals surface area contributed by atoms with E-state index in [0.717, 1.165) is 49.7 Å². The van der Waals surface area contributed by atoms with Crippen LogP contribution in [-0.2, 0) is 16.3 Å². The predicted molar refractivity (Wildman–Crippen MR) is 117 cm³/mol. The number of benzene rings is 2. The normalized spacial score (nSPS) is 17.4. The largest absolute Gasteiger partial charge is 0.497 e. The average molecular weight is 416 g/mol. The Kier molecular flexibility index (Phi) is 6.79. The molecule has 1 saturated heterocycles. The molecule has 1 aliphatic heterocycles. The molecule has 0 aromatic heterocycles. The third-order valence-corrected chi connectivity index (χ3v) is 6.46. The summed E-state index contributed by atoms with van der Waals surface area (Å²) >= 11 is 0. The molecule has 0 aliphatic carbocycles. The maximum Gasteiger partial charge on any atom is 0.193 e. The number of ether oxygens (including phenoxy) is 1. The molecule has 29 heavy (non-hydrogen) atoms. The molecule has 0 saturated carbocycles. The molecule has 1 fully saturated rings. The van der Waals surface area contributed by atoms with Crippen LogP contribution in [0.1, 0.15) is 23.5 Å². The third-order valence-electron chi connectivity index (χ3n) is 5.34. The molecule has 7 heteroatoms. The number of likely N-dealkylation sites (tertiary alicyclic amines) is 1. The van der Waals surface area contributed by atoms with Crippen molar-refractivity contribution in [3.8, 4) is 5.75 Å². The van der Waals surface area contributed by atoms with Gasteiger partial charge in [-0.1, -0.05) is 24.3 Å². The number of hydrogen-bond donors (Lipinski definition) is 1. The van der Waals surface area contributed by atoms with Crippen molar-refractivity contribution in [1.29, 1.82) is 0 Å². The molecule has 0 radical (unpaired) electrons. The van der Waals surface area contributed by atoms with E-state index in [4.69, 9.17) is 4.74 Å². The minimum Gasteiger partial charge on any atom is -0.497 e. The minimum atomic E-state index is -3.15. The lowest BCUT2D eigenvalue weighted by Crippen LogP contribution is -2.40. The van der Waals surface area contributed by atoms with Crippen molar-refractivity contribution in [2.45, 2.75) is 23.7 Å². The Morgan fingerprint density at radius 3 is 2.45 bits per heavy atom. The van der Waals surface area contributed by atoms with Crippen LogP contribution in [0.4, 0.5) is 0 Å². The van der Waals surface area contributed by atoms with Crippen molar-refractivity contribution in [2.24, 2.45) is 4.99 Å². The van der Waals surface area contributed by atoms with Crippen molar-refractivity contribution < 1.29 is 13.2 Å². The molecule has 3 rings (SSSR count). The van der Waals surface area contributed by atoms with Gasteiger partial charge in [0.2, 0.25) is 0 Å². The SMILES string of the molecule is CN=C(NCCc1ccc(S(C)(=O)=O)cc1)N1CCC(c2ccc(OC)cc2)C1. The van der Waals surface area contributed by atoms with Gasteiger partial charge in [0, 0.05) is 38.9 Å². The fourth-order valence-electron chi connectivity index (χ4n) is 3.66. The number of hydrogen-bond acceptors (Lipinski definition) is 4. The Morgan fingerprint density at radius 1 is 1.17 bits per heavy atom. The van der Waals surface area contributed by atoms with Gasteiger partial charge in [0.1, 0.15) is 5.75 Å². The van der Waals surface area contributed by atoms with Crippen LogP contribution in [0.5, 0.6) is 5.75 Å². The molecule has 2 aromatic carbocycles. The number of rotatable bonds is 6. The Labute approximate surface area is 173 Å². The Balaban J connectivity index is 1.51. The van der Waals surface area contributed by atoms with E-state index in [9.17, 15) is 8.42 Å². The molecule has 0 spiro atoms. The smallest absolute Gasteiger partial charge is 0.193 e. The number of nitrogens with one attached hydrogen (secondary N) is 1. The second kappa shape index (κ2) is 9.31. The van der Waals surface area contributed by atoms with E-state index >= 15 is 0 Å². The highest BCUT2D eigenvalue weighted by Crippen LogP contribution is 2.28. The van der Waals surface area contributed by atoms with Crippen molar-refractivity contribution in [2.75, 3.05) is 40.0 Å². The minimum absolute atomic E-state index is 0.353. The van der Waals surface area contributed by atoms with E-state index in [1.54, 1.807) is 19.2 Å². The summed E-state index contributed by atoms with van der Waals surface area (Å²) in [5, 5.41) is 3.43. The molecule has 1 unspecified atom stereocenters. The monoisotopic (exact) mass is 415 g/mol. The molecule has 1 atom stereocenters. The molecule has 1 heterocycles. The number of nitrogens with zero attached hydrogens (tertiary/aromatic N) is 2. The highest BCUT2D eigenvalue weighted by molar-refractivity contribution is 7.90. The number of guanidine groups is 1. The fraction of sp³-hybridized carbons (Fsp3) is 0.409. The zero-order chi connectivity index (χ0) is 20.9. The molecule has 1 N–H and O–H groups in total. The number of methoxy groups -OCH3 is 1. The summed E-state index contributed by atoms with van der Waals surface area (Å²) in [7, 11) is 0.343. The lowest BCUT2D eigenvalue weighted by Gasteiger charge is -2.22. The van der Waals surface area contributed by atoms with E-state index in [0.29, 0.717) is 10.8 Å². The standard InChI is InChI=1S/C22H29N3O3S/c1-23-22(24-14-12-17-4-10-21(11-5-17)29(3,26)27)25-15-13-19(16-25)18-6-8-20(28-2)9-7-18/h4-11,19H,12-16H2,1-3H3,(H,23,24). The van der Waals surface area contributed by atoms with Gasteiger partial charge >= 0.3 is 0 Å². The molecule has 0 amide bonds. The van der Waals surface area contributed by atoms with Gasteiger partial charge in [-0.3, -0.25) is 4.99 Å². The summed E-state index contributed by atoms with van der Waals surface area (Å²) in [6.07, 6.45) is 3.13. The predicted octanol–water partition coefficient (Wildman–Crippen LogP) is 2.71. The van der Waals surface area contributed by atoms with Crippen LogP contribution in [0.3, 0.4) is 0 Å². The summed E-state index contributed by atoms with van der Waals surface area (Å²) in [4.78, 5) is 7.08. The molecular weight excluding hydrogens is 386 g/mol. The van der Waals surface area contributed by atoms with Gasteiger partial charge in [0.15, 0.2) is 15.8 Å². The van der Waals surface area contributed by atoms with Crippen molar-refractivity contribution in [1.82, 2.24) is 10.2 Å². The van der Waals surface area contributed by atoms with E-state index in [2.05, 4.69) is 27.3 Å². The van der Waals surface area contributed by atoms with E-state index in [1.807, 2.05) is 31.3 Å². The first kappa shape index (κ1) is 21.2. The van der Waals surface area contributed by atoms with Crippen LogP contribution >= 0.6 is 0 Å². The Bertz CT molecular complexity index is 938. The zero-order valence-electron chi connectivity index (χ0n) is 17.3. The summed E-state index contributed by atoms with van der Waals surface area (Å²) in [6.45, 7) is 2.66. The Hall–Kier alpha value is -2.54. The first-order valence-electron chi connectivity index (χ1n) is 9.79. The molecule has 1 aliphatic rings. The van der Waals surface area contributed by atoms with Gasteiger partial charge in [-0.05, 0) is 48.2 Å². The summed E-state index contributed by atoms with van der Waals surface area (Å²) < 4.78 is 28.4. The van der Waals surface area contributed by atoms with Gasteiger partial charge in [-0.2, -0.15) is 0 Å². The highest BCUT2D eigenvalue weighted by atomic mass is 32.2. The van der Waals surface area contributed by atoms with Crippen LogP contribution < -0.4 is 10.1 Å². The summed E-state index contributed by atoms with van der Waals surface area (Å²) in [5.74, 6) is 2.28. The van der Waals surface area contributed by atoms with Crippen molar-refractivity contribution in [3.05, 3.63) is 59.7 Å². The van der Waals surface area contributed by atoms with Gasteiger partial charge < -0.3 is 15.0 Å². The Morgan fingerprint density at radius 2 is 1.86 bits per heavy atom. The van der Waals surface area contributed by atoms with Gasteiger partial charge in [0.05, 0.1) is 12.0 Å². The van der Waals surface area contributed by atoms with Gasteiger partial charge in [-0.25, -0.2) is 8.42 Å². The second-order valence-corrected chi connectivity index (χ2v) is 9.36. The maximum atomic E-state index is 11.6. The lowest BCUT2D eigenvalue weighted by atomic mass is 9.98. The first-order chi connectivity index (χ1) is 13.9. The molecule has 2 aromatic rings. The average Bonchev–Trinajstić information content (AvgIpc) is 3.21. The third kappa shape index (κ3) is 5.50. The van der Waals surface area contributed by atoms with Crippen LogP contribution in [0.2, 0.25) is 0 Å². The highest BCUT2D eigenvalue weighted by Gasteiger charge is 2.25. The topological polar surface area (TPSA) is 71.0 Å². The van der Waals surface area contributed by atoms with Crippen molar-refractivity contribution in [3.63, 3.8) is 0 Å². The van der Waals surface area contributed by atoms with Crippen LogP contribution in [0.25, 0.3) is 0 Å². The molecule has 6 nitrogen and oxygen atoms in total. The fourth-order valence-corrected chi connectivity index (χ4v) is 4.29. The number of aliphatic imine (C=N–C) groups is 1. The summed E-state index contributed by atoms with van der Waals surface area (Å²) in [5.41, 5.74) is 2.42.